The van der Waals surface area contributed by atoms with Crippen LogP contribution < -0.4 is 4.90 Å². The maximum Gasteiger partial charge on any atom is 0.284 e. The van der Waals surface area contributed by atoms with Crippen LogP contribution in [-0.4, -0.2) is 37.4 Å². The van der Waals surface area contributed by atoms with Crippen molar-refractivity contribution in [3.8, 4) is 0 Å². The summed E-state index contributed by atoms with van der Waals surface area (Å²) in [6.45, 7) is 3.34. The van der Waals surface area contributed by atoms with E-state index in [-0.39, 0.29) is 5.69 Å². The highest BCUT2D eigenvalue weighted by Crippen LogP contribution is 2.26. The first-order valence-corrected chi connectivity index (χ1v) is 9.00. The zero-order chi connectivity index (χ0) is 18.4. The molecular weight excluding hydrogens is 398 g/mol. The van der Waals surface area contributed by atoms with Gasteiger partial charge in [0.2, 0.25) is 0 Å². The van der Waals surface area contributed by atoms with Gasteiger partial charge >= 0.3 is 0 Å². The van der Waals surface area contributed by atoms with E-state index in [2.05, 4.69) is 38.0 Å². The highest BCUT2D eigenvalue weighted by atomic mass is 79.9. The third-order valence-electron chi connectivity index (χ3n) is 3.99. The molecule has 1 saturated heterocycles. The van der Waals surface area contributed by atoms with Gasteiger partial charge in [0.25, 0.3) is 5.69 Å². The molecule has 0 unspecified atom stereocenters. The third-order valence-corrected chi connectivity index (χ3v) is 4.66. The number of ether oxygens (including phenoxy) is 1. The number of aliphatic imine (C=N–C) groups is 1. The van der Waals surface area contributed by atoms with Crippen LogP contribution >= 0.6 is 15.9 Å². The average Bonchev–Trinajstić information content (AvgIpc) is 2.67. The van der Waals surface area contributed by atoms with Crippen LogP contribution in [-0.2, 0) is 4.74 Å². The molecule has 1 heterocycles. The molecular formula is C19H18BrN3O3. The monoisotopic (exact) mass is 415 g/mol. The van der Waals surface area contributed by atoms with Gasteiger partial charge in [0.1, 0.15) is 0 Å². The first kappa shape index (κ1) is 18.3. The van der Waals surface area contributed by atoms with Crippen molar-refractivity contribution in [3.05, 3.63) is 68.7 Å². The molecule has 1 fully saturated rings. The van der Waals surface area contributed by atoms with E-state index in [1.165, 1.54) is 11.8 Å². The van der Waals surface area contributed by atoms with E-state index in [9.17, 15) is 10.1 Å². The van der Waals surface area contributed by atoms with Crippen LogP contribution in [0.5, 0.6) is 0 Å². The van der Waals surface area contributed by atoms with Crippen molar-refractivity contribution in [1.29, 1.82) is 0 Å². The number of halogens is 1. The summed E-state index contributed by atoms with van der Waals surface area (Å²) in [6, 6.07) is 13.0. The van der Waals surface area contributed by atoms with Gasteiger partial charge in [-0.25, -0.2) is 0 Å². The summed E-state index contributed by atoms with van der Waals surface area (Å²) >= 11 is 3.18. The first-order chi connectivity index (χ1) is 12.6. The lowest BCUT2D eigenvalue weighted by Crippen LogP contribution is -2.36. The number of nitro groups is 1. The number of anilines is 1. The van der Waals surface area contributed by atoms with Gasteiger partial charge in [-0.3, -0.25) is 15.1 Å². The highest BCUT2D eigenvalue weighted by molar-refractivity contribution is 9.10. The van der Waals surface area contributed by atoms with Gasteiger partial charge < -0.3 is 9.64 Å². The summed E-state index contributed by atoms with van der Waals surface area (Å²) < 4.78 is 5.83. The quantitative estimate of drug-likeness (QED) is 0.406. The van der Waals surface area contributed by atoms with E-state index < -0.39 is 4.92 Å². The van der Waals surface area contributed by atoms with Crippen LogP contribution in [0.1, 0.15) is 5.56 Å². The molecule has 0 aromatic heterocycles. The minimum absolute atomic E-state index is 0.0443. The van der Waals surface area contributed by atoms with Gasteiger partial charge in [0.05, 0.1) is 28.3 Å². The van der Waals surface area contributed by atoms with Gasteiger partial charge in [-0.05, 0) is 57.9 Å². The molecule has 0 aliphatic carbocycles. The lowest BCUT2D eigenvalue weighted by atomic mass is 10.2. The largest absolute Gasteiger partial charge is 0.378 e. The lowest BCUT2D eigenvalue weighted by molar-refractivity contribution is -0.385. The zero-order valence-corrected chi connectivity index (χ0v) is 15.6. The second-order valence-corrected chi connectivity index (χ2v) is 6.58. The molecule has 1 aliphatic heterocycles. The Morgan fingerprint density at radius 1 is 1.15 bits per heavy atom. The summed E-state index contributed by atoms with van der Waals surface area (Å²) in [7, 11) is 0. The number of hydrogen-bond acceptors (Lipinski definition) is 5. The molecule has 0 N–H and O–H groups in total. The van der Waals surface area contributed by atoms with Crippen LogP contribution in [0.2, 0.25) is 0 Å². The SMILES string of the molecule is O=[N+]([O-])c1cc(C=CC=Nc2ccc(N3CCOCC3)cc2)ccc1Br. The number of hydrogen-bond donors (Lipinski definition) is 0. The summed E-state index contributed by atoms with van der Waals surface area (Å²) in [6.07, 6.45) is 5.23. The van der Waals surface area contributed by atoms with Crippen LogP contribution in [0.4, 0.5) is 17.1 Å². The van der Waals surface area contributed by atoms with E-state index in [1.54, 1.807) is 30.5 Å². The summed E-state index contributed by atoms with van der Waals surface area (Å²) in [4.78, 5) is 17.2. The van der Waals surface area contributed by atoms with E-state index in [1.807, 2.05) is 12.1 Å². The molecule has 7 heteroatoms. The van der Waals surface area contributed by atoms with Gasteiger partial charge in [-0.15, -0.1) is 0 Å². The Bertz CT molecular complexity index is 828. The number of nitrogens with zero attached hydrogens (tertiary/aromatic N) is 3. The molecule has 0 saturated carbocycles. The fraction of sp³-hybridized carbons (Fsp3) is 0.211. The fourth-order valence-electron chi connectivity index (χ4n) is 2.63. The number of allylic oxidation sites excluding steroid dienone is 1. The smallest absolute Gasteiger partial charge is 0.284 e. The van der Waals surface area contributed by atoms with Crippen molar-refractivity contribution < 1.29 is 9.66 Å². The number of benzene rings is 2. The summed E-state index contributed by atoms with van der Waals surface area (Å²) in [5.74, 6) is 0. The molecule has 0 amide bonds. The number of morpholine rings is 1. The third kappa shape index (κ3) is 4.77. The molecule has 26 heavy (non-hydrogen) atoms. The van der Waals surface area contributed by atoms with Crippen molar-refractivity contribution in [1.82, 2.24) is 0 Å². The van der Waals surface area contributed by atoms with Crippen molar-refractivity contribution in [2.45, 2.75) is 0 Å². The van der Waals surface area contributed by atoms with Gasteiger partial charge in [0.15, 0.2) is 0 Å². The minimum atomic E-state index is -0.411. The number of nitro benzene ring substituents is 1. The molecule has 0 bridgehead atoms. The van der Waals surface area contributed by atoms with Crippen molar-refractivity contribution >= 4 is 45.3 Å². The minimum Gasteiger partial charge on any atom is -0.378 e. The summed E-state index contributed by atoms with van der Waals surface area (Å²) in [5.41, 5.74) is 2.82. The van der Waals surface area contributed by atoms with E-state index >= 15 is 0 Å². The maximum absolute atomic E-state index is 10.9. The van der Waals surface area contributed by atoms with Crippen LogP contribution in [0.15, 0.2) is 58.0 Å². The van der Waals surface area contributed by atoms with Gasteiger partial charge in [-0.1, -0.05) is 12.1 Å². The predicted octanol–water partition coefficient (Wildman–Crippen LogP) is 4.61. The topological polar surface area (TPSA) is 68.0 Å². The standard InChI is InChI=1S/C19H18BrN3O3/c20-18-8-3-15(14-19(18)23(24)25)2-1-9-21-16-4-6-17(7-5-16)22-10-12-26-13-11-22/h1-9,14H,10-13H2. The Morgan fingerprint density at radius 3 is 2.58 bits per heavy atom. The van der Waals surface area contributed by atoms with E-state index in [0.717, 1.165) is 37.6 Å². The second-order valence-electron chi connectivity index (χ2n) is 5.72. The lowest BCUT2D eigenvalue weighted by Gasteiger charge is -2.28. The number of rotatable bonds is 5. The van der Waals surface area contributed by atoms with Crippen LogP contribution in [0, 0.1) is 10.1 Å². The predicted molar refractivity (Wildman–Crippen MR) is 107 cm³/mol. The summed E-state index contributed by atoms with van der Waals surface area (Å²) in [5, 5.41) is 10.9. The molecule has 134 valence electrons. The normalized spacial score (nSPS) is 15.0. The Balaban J connectivity index is 1.62. The second kappa shape index (κ2) is 8.73. The van der Waals surface area contributed by atoms with Crippen LogP contribution in [0.3, 0.4) is 0 Å². The molecule has 1 aliphatic rings. The van der Waals surface area contributed by atoms with Crippen molar-refractivity contribution in [2.75, 3.05) is 31.2 Å². The van der Waals surface area contributed by atoms with Crippen molar-refractivity contribution in [2.24, 2.45) is 4.99 Å². The Morgan fingerprint density at radius 2 is 1.88 bits per heavy atom. The van der Waals surface area contributed by atoms with Gasteiger partial charge in [-0.2, -0.15) is 0 Å². The zero-order valence-electron chi connectivity index (χ0n) is 14.0. The van der Waals surface area contributed by atoms with Gasteiger partial charge in [0, 0.05) is 31.1 Å². The maximum atomic E-state index is 10.9. The molecule has 0 atom stereocenters. The Hall–Kier alpha value is -2.51. The molecule has 2 aromatic carbocycles. The first-order valence-electron chi connectivity index (χ1n) is 8.21. The highest BCUT2D eigenvalue weighted by Gasteiger charge is 2.11. The van der Waals surface area contributed by atoms with E-state index in [4.69, 9.17) is 4.74 Å². The molecule has 0 radical (unpaired) electrons. The Labute approximate surface area is 160 Å². The molecule has 2 aromatic rings. The average molecular weight is 416 g/mol. The van der Waals surface area contributed by atoms with Crippen LogP contribution in [0.25, 0.3) is 6.08 Å². The van der Waals surface area contributed by atoms with Crippen molar-refractivity contribution in [3.63, 3.8) is 0 Å². The molecule has 6 nitrogen and oxygen atoms in total. The fourth-order valence-corrected chi connectivity index (χ4v) is 3.02. The Kier molecular flexibility index (Phi) is 6.14. The van der Waals surface area contributed by atoms with E-state index in [0.29, 0.717) is 4.47 Å². The molecule has 0 spiro atoms. The molecule has 3 rings (SSSR count).